The minimum Gasteiger partial charge on any atom is -0.444 e. The van der Waals surface area contributed by atoms with Crippen LogP contribution in [0.5, 0.6) is 0 Å². The van der Waals surface area contributed by atoms with E-state index in [1.54, 1.807) is 0 Å². The monoisotopic (exact) mass is 433 g/mol. The maximum Gasteiger partial charge on any atom is 0.407 e. The number of aromatic nitrogens is 2. The standard InChI is InChI=1S/C26H31N3O3/c1-16(2)24-22-14-21(12-13-23(22)29(28-24)18(4)30)20-10-8-19(9-11-20)17(3)15-27-25(31)32-26(5,6)7/h8-14,17H,1,15H2,2-7H3,(H,27,31). The molecule has 0 saturated heterocycles. The third-order valence-corrected chi connectivity index (χ3v) is 5.15. The zero-order valence-corrected chi connectivity index (χ0v) is 19.7. The van der Waals surface area contributed by atoms with Crippen molar-refractivity contribution in [2.75, 3.05) is 6.54 Å². The SMILES string of the molecule is C=C(C)c1nn(C(C)=O)c2ccc(-c3ccc(C(C)CNC(=O)OC(C)(C)C)cc3)cc12. The molecule has 1 N–H and O–H groups in total. The fourth-order valence-electron chi connectivity index (χ4n) is 3.53. The first-order chi connectivity index (χ1) is 15.0. The first-order valence-electron chi connectivity index (χ1n) is 10.7. The van der Waals surface area contributed by atoms with Gasteiger partial charge in [-0.15, -0.1) is 0 Å². The lowest BCUT2D eigenvalue weighted by Crippen LogP contribution is -2.34. The number of benzene rings is 2. The van der Waals surface area contributed by atoms with Crippen molar-refractivity contribution in [2.45, 2.75) is 53.1 Å². The van der Waals surface area contributed by atoms with Crippen molar-refractivity contribution in [3.63, 3.8) is 0 Å². The number of rotatable bonds is 5. The fraction of sp³-hybridized carbons (Fsp3) is 0.346. The Labute approximate surface area is 189 Å². The number of allylic oxidation sites excluding steroid dienone is 1. The lowest BCUT2D eigenvalue weighted by atomic mass is 9.96. The number of hydrogen-bond donors (Lipinski definition) is 1. The van der Waals surface area contributed by atoms with Crippen LogP contribution >= 0.6 is 0 Å². The van der Waals surface area contributed by atoms with E-state index in [0.29, 0.717) is 6.54 Å². The molecule has 0 aliphatic rings. The molecular weight excluding hydrogens is 402 g/mol. The average molecular weight is 434 g/mol. The number of alkyl carbamates (subject to hydrolysis) is 1. The van der Waals surface area contributed by atoms with E-state index in [0.717, 1.165) is 38.9 Å². The van der Waals surface area contributed by atoms with Gasteiger partial charge < -0.3 is 10.1 Å². The van der Waals surface area contributed by atoms with Crippen LogP contribution < -0.4 is 5.32 Å². The molecule has 3 rings (SSSR count). The Morgan fingerprint density at radius 3 is 2.28 bits per heavy atom. The topological polar surface area (TPSA) is 73.2 Å². The molecule has 0 fully saturated rings. The van der Waals surface area contributed by atoms with Gasteiger partial charge in [0.15, 0.2) is 0 Å². The number of nitrogens with one attached hydrogen (secondary N) is 1. The quantitative estimate of drug-likeness (QED) is 0.534. The van der Waals surface area contributed by atoms with E-state index in [9.17, 15) is 9.59 Å². The van der Waals surface area contributed by atoms with Crippen LogP contribution in [0.25, 0.3) is 27.6 Å². The first-order valence-corrected chi connectivity index (χ1v) is 10.7. The van der Waals surface area contributed by atoms with Gasteiger partial charge in [-0.05, 0) is 68.0 Å². The molecule has 1 amide bonds. The number of carbonyl (C=O) groups excluding carboxylic acids is 2. The molecule has 0 radical (unpaired) electrons. The van der Waals surface area contributed by atoms with Gasteiger partial charge in [-0.3, -0.25) is 4.79 Å². The summed E-state index contributed by atoms with van der Waals surface area (Å²) in [4.78, 5) is 23.8. The van der Waals surface area contributed by atoms with Crippen LogP contribution in [-0.4, -0.2) is 33.9 Å². The Morgan fingerprint density at radius 2 is 1.72 bits per heavy atom. The van der Waals surface area contributed by atoms with Gasteiger partial charge in [-0.2, -0.15) is 9.78 Å². The summed E-state index contributed by atoms with van der Waals surface area (Å²) in [6, 6.07) is 14.2. The van der Waals surface area contributed by atoms with Gasteiger partial charge >= 0.3 is 6.09 Å². The van der Waals surface area contributed by atoms with Gasteiger partial charge in [0.05, 0.1) is 11.2 Å². The van der Waals surface area contributed by atoms with E-state index in [-0.39, 0.29) is 11.8 Å². The highest BCUT2D eigenvalue weighted by Gasteiger charge is 2.17. The predicted octanol–water partition coefficient (Wildman–Crippen LogP) is 6.02. The van der Waals surface area contributed by atoms with Crippen LogP contribution in [0.15, 0.2) is 49.0 Å². The van der Waals surface area contributed by atoms with E-state index in [2.05, 4.69) is 48.2 Å². The molecule has 2 aromatic carbocycles. The predicted molar refractivity (Wildman–Crippen MR) is 129 cm³/mol. The van der Waals surface area contributed by atoms with Gasteiger partial charge in [0.25, 0.3) is 0 Å². The molecular formula is C26H31N3O3. The number of nitrogens with zero attached hydrogens (tertiary/aromatic N) is 2. The Kier molecular flexibility index (Phi) is 6.53. The molecule has 1 unspecified atom stereocenters. The number of ether oxygens (including phenoxy) is 1. The zero-order valence-electron chi connectivity index (χ0n) is 19.7. The summed E-state index contributed by atoms with van der Waals surface area (Å²) in [6.07, 6.45) is -0.409. The molecule has 1 heterocycles. The third kappa shape index (κ3) is 5.25. The van der Waals surface area contributed by atoms with Crippen LogP contribution in [-0.2, 0) is 4.74 Å². The summed E-state index contributed by atoms with van der Waals surface area (Å²) in [7, 11) is 0. The molecule has 1 atom stereocenters. The second-order valence-corrected chi connectivity index (χ2v) is 9.20. The summed E-state index contributed by atoms with van der Waals surface area (Å²) in [5.41, 5.74) is 5.03. The molecule has 0 bridgehead atoms. The lowest BCUT2D eigenvalue weighted by Gasteiger charge is -2.21. The number of carbonyl (C=O) groups is 2. The normalized spacial score (nSPS) is 12.4. The van der Waals surface area contributed by atoms with Crippen molar-refractivity contribution in [2.24, 2.45) is 0 Å². The average Bonchev–Trinajstić information content (AvgIpc) is 3.10. The summed E-state index contributed by atoms with van der Waals surface area (Å²) < 4.78 is 6.72. The molecule has 32 heavy (non-hydrogen) atoms. The first kappa shape index (κ1) is 23.3. The zero-order chi connectivity index (χ0) is 23.6. The second kappa shape index (κ2) is 8.99. The Morgan fingerprint density at radius 1 is 1.09 bits per heavy atom. The molecule has 0 aliphatic carbocycles. The van der Waals surface area contributed by atoms with Gasteiger partial charge in [0.2, 0.25) is 5.91 Å². The van der Waals surface area contributed by atoms with Gasteiger partial charge in [0, 0.05) is 18.9 Å². The molecule has 0 spiro atoms. The summed E-state index contributed by atoms with van der Waals surface area (Å²) >= 11 is 0. The minimum absolute atomic E-state index is 0.131. The molecule has 6 nitrogen and oxygen atoms in total. The molecule has 1 aromatic heterocycles. The molecule has 0 saturated carbocycles. The number of hydrogen-bond acceptors (Lipinski definition) is 4. The largest absolute Gasteiger partial charge is 0.444 e. The van der Waals surface area contributed by atoms with Crippen molar-refractivity contribution in [3.05, 3.63) is 60.3 Å². The lowest BCUT2D eigenvalue weighted by molar-refractivity contribution is 0.0525. The molecule has 3 aromatic rings. The van der Waals surface area contributed by atoms with Gasteiger partial charge in [0.1, 0.15) is 5.60 Å². The highest BCUT2D eigenvalue weighted by Crippen LogP contribution is 2.30. The van der Waals surface area contributed by atoms with Crippen molar-refractivity contribution < 1.29 is 14.3 Å². The van der Waals surface area contributed by atoms with Crippen LogP contribution in [0, 0.1) is 0 Å². The summed E-state index contributed by atoms with van der Waals surface area (Å²) in [6.45, 7) is 15.5. The second-order valence-electron chi connectivity index (χ2n) is 9.20. The van der Waals surface area contributed by atoms with E-state index >= 15 is 0 Å². The van der Waals surface area contributed by atoms with E-state index in [1.165, 1.54) is 11.6 Å². The van der Waals surface area contributed by atoms with Crippen LogP contribution in [0.2, 0.25) is 0 Å². The van der Waals surface area contributed by atoms with E-state index in [1.807, 2.05) is 45.9 Å². The van der Waals surface area contributed by atoms with Crippen LogP contribution in [0.1, 0.15) is 63.5 Å². The van der Waals surface area contributed by atoms with Gasteiger partial charge in [-0.25, -0.2) is 4.79 Å². The van der Waals surface area contributed by atoms with Crippen molar-refractivity contribution >= 4 is 28.5 Å². The third-order valence-electron chi connectivity index (χ3n) is 5.15. The van der Waals surface area contributed by atoms with Gasteiger partial charge in [-0.1, -0.05) is 43.8 Å². The van der Waals surface area contributed by atoms with Crippen molar-refractivity contribution in [3.8, 4) is 11.1 Å². The van der Waals surface area contributed by atoms with Crippen molar-refractivity contribution in [1.29, 1.82) is 0 Å². The summed E-state index contributed by atoms with van der Waals surface area (Å²) in [5.74, 6) is 0.0106. The number of fused-ring (bicyclic) bond motifs is 1. The Hall–Kier alpha value is -3.41. The van der Waals surface area contributed by atoms with Crippen molar-refractivity contribution in [1.82, 2.24) is 15.1 Å². The van der Waals surface area contributed by atoms with Crippen LogP contribution in [0.3, 0.4) is 0 Å². The smallest absolute Gasteiger partial charge is 0.407 e. The van der Waals surface area contributed by atoms with E-state index in [4.69, 9.17) is 4.74 Å². The Bertz CT molecular complexity index is 1170. The summed E-state index contributed by atoms with van der Waals surface area (Å²) in [5, 5.41) is 8.17. The molecule has 0 aliphatic heterocycles. The highest BCUT2D eigenvalue weighted by molar-refractivity contribution is 5.98. The van der Waals surface area contributed by atoms with E-state index < -0.39 is 11.7 Å². The maximum absolute atomic E-state index is 12.0. The van der Waals surface area contributed by atoms with Crippen LogP contribution in [0.4, 0.5) is 4.79 Å². The Balaban J connectivity index is 1.79. The maximum atomic E-state index is 12.0. The number of amides is 1. The molecule has 6 heteroatoms. The highest BCUT2D eigenvalue weighted by atomic mass is 16.6. The minimum atomic E-state index is -0.513. The fourth-order valence-corrected chi connectivity index (χ4v) is 3.53. The molecule has 168 valence electrons.